The van der Waals surface area contributed by atoms with Crippen molar-refractivity contribution >= 4 is 29.1 Å². The molecule has 0 unspecified atom stereocenters. The van der Waals surface area contributed by atoms with E-state index in [1.165, 1.54) is 0 Å². The Kier molecular flexibility index (Phi) is 4.24. The molecule has 1 aromatic rings. The summed E-state index contributed by atoms with van der Waals surface area (Å²) in [4.78, 5) is 12.2. The molecule has 0 radical (unpaired) electrons. The SMILES string of the molecule is CCN(CC(=O)O)Cc1nnsc1Cl. The van der Waals surface area contributed by atoms with Gasteiger partial charge in [0, 0.05) is 18.1 Å². The molecule has 0 bridgehead atoms. The van der Waals surface area contributed by atoms with Gasteiger partial charge in [0.05, 0.1) is 6.54 Å². The number of halogens is 1. The van der Waals surface area contributed by atoms with Gasteiger partial charge in [0.15, 0.2) is 0 Å². The fourth-order valence-electron chi connectivity index (χ4n) is 0.974. The zero-order valence-electron chi connectivity index (χ0n) is 7.60. The maximum absolute atomic E-state index is 10.5. The molecule has 14 heavy (non-hydrogen) atoms. The minimum Gasteiger partial charge on any atom is -0.480 e. The van der Waals surface area contributed by atoms with Crippen LogP contribution in [0.3, 0.4) is 0 Å². The summed E-state index contributed by atoms with van der Waals surface area (Å²) in [5.41, 5.74) is 0.639. The third kappa shape index (κ3) is 3.21. The van der Waals surface area contributed by atoms with Crippen molar-refractivity contribution in [3.8, 4) is 0 Å². The number of carboxylic acids is 1. The lowest BCUT2D eigenvalue weighted by Gasteiger charge is -2.15. The summed E-state index contributed by atoms with van der Waals surface area (Å²) >= 11 is 6.90. The summed E-state index contributed by atoms with van der Waals surface area (Å²) < 4.78 is 4.20. The fourth-order valence-corrected chi connectivity index (χ4v) is 1.59. The number of hydrogen-bond donors (Lipinski definition) is 1. The summed E-state index contributed by atoms with van der Waals surface area (Å²) in [6, 6.07) is 0. The van der Waals surface area contributed by atoms with Crippen LogP contribution in [0, 0.1) is 0 Å². The molecular weight excluding hydrogens is 226 g/mol. The van der Waals surface area contributed by atoms with Gasteiger partial charge < -0.3 is 5.11 Å². The van der Waals surface area contributed by atoms with Crippen LogP contribution in [-0.4, -0.2) is 38.7 Å². The van der Waals surface area contributed by atoms with Crippen LogP contribution in [0.2, 0.25) is 4.34 Å². The summed E-state index contributed by atoms with van der Waals surface area (Å²) in [6.45, 7) is 2.94. The van der Waals surface area contributed by atoms with Crippen molar-refractivity contribution in [3.63, 3.8) is 0 Å². The van der Waals surface area contributed by atoms with Crippen LogP contribution in [0.5, 0.6) is 0 Å². The van der Waals surface area contributed by atoms with E-state index in [1.54, 1.807) is 4.90 Å². The Morgan fingerprint density at radius 3 is 2.86 bits per heavy atom. The predicted octanol–water partition coefficient (Wildman–Crippen LogP) is 1.10. The van der Waals surface area contributed by atoms with Crippen molar-refractivity contribution < 1.29 is 9.90 Å². The van der Waals surface area contributed by atoms with Gasteiger partial charge >= 0.3 is 5.97 Å². The molecule has 0 saturated heterocycles. The zero-order valence-corrected chi connectivity index (χ0v) is 9.18. The van der Waals surface area contributed by atoms with E-state index in [1.807, 2.05) is 6.92 Å². The molecule has 0 fully saturated rings. The molecule has 1 rings (SSSR count). The van der Waals surface area contributed by atoms with Gasteiger partial charge in [-0.1, -0.05) is 23.0 Å². The standard InChI is InChI=1S/C7H10ClN3O2S/c1-2-11(4-6(12)13)3-5-7(8)14-10-9-5/h2-4H2,1H3,(H,12,13). The normalized spacial score (nSPS) is 10.8. The number of aromatic nitrogens is 2. The quantitative estimate of drug-likeness (QED) is 0.828. The number of carbonyl (C=O) groups is 1. The highest BCUT2D eigenvalue weighted by atomic mass is 35.5. The molecule has 7 heteroatoms. The number of rotatable bonds is 5. The largest absolute Gasteiger partial charge is 0.480 e. The van der Waals surface area contributed by atoms with Crippen LogP contribution in [-0.2, 0) is 11.3 Å². The van der Waals surface area contributed by atoms with Gasteiger partial charge in [0.1, 0.15) is 10.0 Å². The Morgan fingerprint density at radius 1 is 1.71 bits per heavy atom. The molecule has 78 valence electrons. The maximum Gasteiger partial charge on any atom is 0.317 e. The number of hydrogen-bond acceptors (Lipinski definition) is 5. The molecule has 1 heterocycles. The summed E-state index contributed by atoms with van der Waals surface area (Å²) in [7, 11) is 0. The first kappa shape index (κ1) is 11.4. The van der Waals surface area contributed by atoms with Crippen LogP contribution in [0.4, 0.5) is 0 Å². The van der Waals surface area contributed by atoms with Gasteiger partial charge in [-0.25, -0.2) is 0 Å². The number of carboxylic acid groups (broad SMARTS) is 1. The molecule has 0 aliphatic heterocycles. The second-order valence-electron chi connectivity index (χ2n) is 2.69. The number of likely N-dealkylation sites (N-methyl/N-ethyl adjacent to an activating group) is 1. The highest BCUT2D eigenvalue weighted by Gasteiger charge is 2.12. The zero-order chi connectivity index (χ0) is 10.6. The molecule has 0 aliphatic rings. The van der Waals surface area contributed by atoms with Gasteiger partial charge in [0.25, 0.3) is 0 Å². The van der Waals surface area contributed by atoms with Gasteiger partial charge in [-0.05, 0) is 6.54 Å². The van der Waals surface area contributed by atoms with Gasteiger partial charge in [0.2, 0.25) is 0 Å². The molecule has 5 nitrogen and oxygen atoms in total. The number of nitrogens with zero attached hydrogens (tertiary/aromatic N) is 3. The average molecular weight is 236 g/mol. The first-order valence-electron chi connectivity index (χ1n) is 4.04. The van der Waals surface area contributed by atoms with Crippen molar-refractivity contribution in [3.05, 3.63) is 10.0 Å². The second-order valence-corrected chi connectivity index (χ2v) is 4.05. The molecule has 0 amide bonds. The van der Waals surface area contributed by atoms with Gasteiger partial charge in [-0.2, -0.15) is 0 Å². The highest BCUT2D eigenvalue weighted by molar-refractivity contribution is 7.10. The van der Waals surface area contributed by atoms with Gasteiger partial charge in [-0.15, -0.1) is 5.10 Å². The van der Waals surface area contributed by atoms with E-state index in [-0.39, 0.29) is 6.54 Å². The van der Waals surface area contributed by atoms with E-state index in [9.17, 15) is 4.79 Å². The van der Waals surface area contributed by atoms with E-state index < -0.39 is 5.97 Å². The lowest BCUT2D eigenvalue weighted by molar-refractivity contribution is -0.138. The summed E-state index contributed by atoms with van der Waals surface area (Å²) in [5, 5.41) is 12.4. The van der Waals surface area contributed by atoms with E-state index in [0.717, 1.165) is 11.5 Å². The predicted molar refractivity (Wildman–Crippen MR) is 53.5 cm³/mol. The molecule has 0 aliphatic carbocycles. The molecule has 0 spiro atoms. The molecule has 0 aromatic carbocycles. The topological polar surface area (TPSA) is 66.3 Å². The Bertz CT molecular complexity index is 318. The van der Waals surface area contributed by atoms with Gasteiger partial charge in [-0.3, -0.25) is 9.69 Å². The summed E-state index contributed by atoms with van der Waals surface area (Å²) in [6.07, 6.45) is 0. The Hall–Kier alpha value is -0.720. The first-order valence-corrected chi connectivity index (χ1v) is 5.19. The van der Waals surface area contributed by atoms with Crippen LogP contribution < -0.4 is 0 Å². The smallest absolute Gasteiger partial charge is 0.317 e. The maximum atomic E-state index is 10.5. The monoisotopic (exact) mass is 235 g/mol. The Balaban J connectivity index is 2.57. The molecule has 1 aromatic heterocycles. The van der Waals surface area contributed by atoms with E-state index in [0.29, 0.717) is 23.1 Å². The van der Waals surface area contributed by atoms with Crippen LogP contribution >= 0.6 is 23.1 Å². The third-order valence-electron chi connectivity index (χ3n) is 1.69. The molecular formula is C7H10ClN3O2S. The molecule has 0 saturated carbocycles. The Labute approximate surface area is 90.5 Å². The first-order chi connectivity index (χ1) is 6.63. The van der Waals surface area contributed by atoms with Crippen molar-refractivity contribution in [2.75, 3.05) is 13.1 Å². The lowest BCUT2D eigenvalue weighted by Crippen LogP contribution is -2.29. The molecule has 0 atom stereocenters. The lowest BCUT2D eigenvalue weighted by atomic mass is 10.4. The van der Waals surface area contributed by atoms with Crippen LogP contribution in [0.15, 0.2) is 0 Å². The van der Waals surface area contributed by atoms with Crippen molar-refractivity contribution in [2.45, 2.75) is 13.5 Å². The van der Waals surface area contributed by atoms with E-state index in [4.69, 9.17) is 16.7 Å². The summed E-state index contributed by atoms with van der Waals surface area (Å²) in [5.74, 6) is -0.855. The minimum absolute atomic E-state index is 0.00957. The van der Waals surface area contributed by atoms with Crippen molar-refractivity contribution in [2.24, 2.45) is 0 Å². The van der Waals surface area contributed by atoms with Crippen LogP contribution in [0.1, 0.15) is 12.6 Å². The second kappa shape index (κ2) is 5.23. The van der Waals surface area contributed by atoms with Crippen molar-refractivity contribution in [1.82, 2.24) is 14.5 Å². The average Bonchev–Trinajstić information content (AvgIpc) is 2.50. The minimum atomic E-state index is -0.855. The van der Waals surface area contributed by atoms with E-state index >= 15 is 0 Å². The van der Waals surface area contributed by atoms with Crippen molar-refractivity contribution in [1.29, 1.82) is 0 Å². The molecule has 1 N–H and O–H groups in total. The fraction of sp³-hybridized carbons (Fsp3) is 0.571. The highest BCUT2D eigenvalue weighted by Crippen LogP contribution is 2.18. The van der Waals surface area contributed by atoms with E-state index in [2.05, 4.69) is 9.59 Å². The Morgan fingerprint density at radius 2 is 2.43 bits per heavy atom. The third-order valence-corrected chi connectivity index (χ3v) is 2.67. The van der Waals surface area contributed by atoms with Crippen LogP contribution in [0.25, 0.3) is 0 Å². The number of aliphatic carboxylic acids is 1.